The first-order chi connectivity index (χ1) is 14.1. The van der Waals surface area contributed by atoms with Crippen molar-refractivity contribution in [2.75, 3.05) is 7.11 Å². The highest BCUT2D eigenvalue weighted by Crippen LogP contribution is 2.45. The fourth-order valence-corrected chi connectivity index (χ4v) is 4.25. The number of Topliss-reactive ketones (excluding diaryl/α,β-unsaturated/α-hetero) is 1. The Kier molecular flexibility index (Phi) is 6.10. The Morgan fingerprint density at radius 3 is 2.57 bits per heavy atom. The maximum absolute atomic E-state index is 14.1. The van der Waals surface area contributed by atoms with E-state index in [2.05, 4.69) is 5.32 Å². The molecular weight excluding hydrogens is 389 g/mol. The van der Waals surface area contributed by atoms with E-state index in [0.717, 1.165) is 0 Å². The van der Waals surface area contributed by atoms with Crippen LogP contribution < -0.4 is 5.32 Å². The van der Waals surface area contributed by atoms with E-state index in [0.29, 0.717) is 23.4 Å². The number of rotatable bonds is 4. The summed E-state index contributed by atoms with van der Waals surface area (Å²) in [5.74, 6) is -4.20. The van der Waals surface area contributed by atoms with Gasteiger partial charge in [-0.3, -0.25) is 9.59 Å². The lowest BCUT2D eigenvalue weighted by Gasteiger charge is -2.38. The first kappa shape index (κ1) is 21.7. The van der Waals surface area contributed by atoms with Crippen LogP contribution in [0.25, 0.3) is 0 Å². The molecule has 6 nitrogen and oxygen atoms in total. The molecule has 160 valence electrons. The van der Waals surface area contributed by atoms with E-state index >= 15 is 0 Å². The lowest BCUT2D eigenvalue weighted by atomic mass is 9.69. The van der Waals surface area contributed by atoms with Gasteiger partial charge in [-0.15, -0.1) is 0 Å². The van der Waals surface area contributed by atoms with Gasteiger partial charge in [-0.1, -0.05) is 19.1 Å². The van der Waals surface area contributed by atoms with Crippen molar-refractivity contribution in [3.63, 3.8) is 0 Å². The lowest BCUT2D eigenvalue weighted by molar-refractivity contribution is -0.151. The summed E-state index contributed by atoms with van der Waals surface area (Å²) in [5, 5.41) is 3.17. The number of ketones is 1. The molecule has 1 heterocycles. The summed E-state index contributed by atoms with van der Waals surface area (Å²) < 4.78 is 24.3. The van der Waals surface area contributed by atoms with Crippen molar-refractivity contribution in [2.24, 2.45) is 11.8 Å². The third-order valence-electron chi connectivity index (χ3n) is 5.49. The minimum absolute atomic E-state index is 0.236. The highest BCUT2D eigenvalue weighted by molar-refractivity contribution is 6.12. The number of nitrogens with one attached hydrogen (secondary N) is 1. The lowest BCUT2D eigenvalue weighted by Crippen LogP contribution is -2.43. The van der Waals surface area contributed by atoms with Crippen LogP contribution in [-0.2, 0) is 23.9 Å². The van der Waals surface area contributed by atoms with Crippen molar-refractivity contribution in [1.29, 1.82) is 0 Å². The van der Waals surface area contributed by atoms with Gasteiger partial charge in [-0.2, -0.15) is 0 Å². The number of halogens is 1. The molecule has 0 aromatic heterocycles. The zero-order chi connectivity index (χ0) is 22.2. The molecule has 1 aliphatic carbocycles. The number of allylic oxidation sites excluding steroid dienone is 3. The number of hydrogen-bond donors (Lipinski definition) is 1. The molecule has 1 aromatic carbocycles. The van der Waals surface area contributed by atoms with Gasteiger partial charge in [0.25, 0.3) is 0 Å². The molecule has 3 atom stereocenters. The number of benzene rings is 1. The van der Waals surface area contributed by atoms with Crippen LogP contribution in [-0.4, -0.2) is 30.9 Å². The van der Waals surface area contributed by atoms with Crippen molar-refractivity contribution >= 4 is 17.7 Å². The second kappa shape index (κ2) is 8.42. The molecule has 1 aliphatic heterocycles. The Morgan fingerprint density at radius 2 is 1.97 bits per heavy atom. The zero-order valence-electron chi connectivity index (χ0n) is 17.7. The SMILES string of the molecule is COC(=O)[C@H]1C(=O)C2=C(C[C@H]1C)NC(C)=C(C(=O)OC(C)C)[C@H]2c1cccc(F)c1. The van der Waals surface area contributed by atoms with E-state index in [4.69, 9.17) is 9.47 Å². The Labute approximate surface area is 175 Å². The molecule has 1 N–H and O–H groups in total. The minimum Gasteiger partial charge on any atom is -0.468 e. The number of carbonyl (C=O) groups is 3. The van der Waals surface area contributed by atoms with E-state index in [1.54, 1.807) is 26.8 Å². The molecule has 30 heavy (non-hydrogen) atoms. The van der Waals surface area contributed by atoms with E-state index in [1.807, 2.05) is 6.92 Å². The predicted octanol–water partition coefficient (Wildman–Crippen LogP) is 3.39. The Bertz CT molecular complexity index is 962. The monoisotopic (exact) mass is 415 g/mol. The third-order valence-corrected chi connectivity index (χ3v) is 5.49. The van der Waals surface area contributed by atoms with Crippen LogP contribution in [0.2, 0.25) is 0 Å². The van der Waals surface area contributed by atoms with Gasteiger partial charge in [0.2, 0.25) is 0 Å². The van der Waals surface area contributed by atoms with Gasteiger partial charge in [0.05, 0.1) is 18.8 Å². The van der Waals surface area contributed by atoms with Gasteiger partial charge < -0.3 is 14.8 Å². The Hall–Kier alpha value is -2.96. The Morgan fingerprint density at radius 1 is 1.27 bits per heavy atom. The summed E-state index contributed by atoms with van der Waals surface area (Å²) in [4.78, 5) is 38.8. The van der Waals surface area contributed by atoms with Gasteiger partial charge in [0.1, 0.15) is 11.7 Å². The van der Waals surface area contributed by atoms with Crippen molar-refractivity contribution in [2.45, 2.75) is 46.1 Å². The predicted molar refractivity (Wildman–Crippen MR) is 108 cm³/mol. The molecule has 0 radical (unpaired) electrons. The number of ether oxygens (including phenoxy) is 2. The molecule has 0 saturated heterocycles. The van der Waals surface area contributed by atoms with Crippen LogP contribution in [0.1, 0.15) is 45.6 Å². The number of dihydropyridines is 1. The van der Waals surface area contributed by atoms with Crippen LogP contribution >= 0.6 is 0 Å². The van der Waals surface area contributed by atoms with E-state index < -0.39 is 35.4 Å². The third kappa shape index (κ3) is 3.88. The molecule has 7 heteroatoms. The van der Waals surface area contributed by atoms with Crippen LogP contribution in [0.15, 0.2) is 46.8 Å². The zero-order valence-corrected chi connectivity index (χ0v) is 17.7. The molecular formula is C23H26FNO5. The maximum atomic E-state index is 14.1. The minimum atomic E-state index is -0.979. The normalized spacial score (nSPS) is 23.8. The van der Waals surface area contributed by atoms with Crippen molar-refractivity contribution in [1.82, 2.24) is 5.32 Å². The molecule has 2 aliphatic rings. The quantitative estimate of drug-likeness (QED) is 0.600. The van der Waals surface area contributed by atoms with Gasteiger partial charge in [0, 0.05) is 22.9 Å². The molecule has 0 unspecified atom stereocenters. The standard InChI is InChI=1S/C23H26FNO5/c1-11(2)30-23(28)18-13(4)25-16-9-12(3)17(22(27)29-5)21(26)20(16)19(18)14-7-6-8-15(24)10-14/h6-8,10-12,17,19,25H,9H2,1-5H3/t12-,17-,19-/m1/s1. The number of methoxy groups -OCH3 is 1. The van der Waals surface area contributed by atoms with Gasteiger partial charge in [-0.25, -0.2) is 9.18 Å². The van der Waals surface area contributed by atoms with E-state index in [9.17, 15) is 18.8 Å². The molecule has 0 bridgehead atoms. The first-order valence-corrected chi connectivity index (χ1v) is 9.95. The van der Waals surface area contributed by atoms with Crippen LogP contribution in [0, 0.1) is 17.7 Å². The molecule has 0 saturated carbocycles. The molecule has 0 spiro atoms. The Balaban J connectivity index is 2.19. The van der Waals surface area contributed by atoms with Gasteiger partial charge in [0.15, 0.2) is 5.78 Å². The summed E-state index contributed by atoms with van der Waals surface area (Å²) in [7, 11) is 1.24. The van der Waals surface area contributed by atoms with Crippen molar-refractivity contribution in [3.8, 4) is 0 Å². The average molecular weight is 415 g/mol. The van der Waals surface area contributed by atoms with Crippen LogP contribution in [0.3, 0.4) is 0 Å². The topological polar surface area (TPSA) is 81.7 Å². The highest BCUT2D eigenvalue weighted by Gasteiger charge is 2.47. The highest BCUT2D eigenvalue weighted by atomic mass is 19.1. The second-order valence-electron chi connectivity index (χ2n) is 8.04. The van der Waals surface area contributed by atoms with E-state index in [1.165, 1.54) is 25.3 Å². The molecule has 3 rings (SSSR count). The summed E-state index contributed by atoms with van der Waals surface area (Å²) in [6.07, 6.45) is 0.0579. The summed E-state index contributed by atoms with van der Waals surface area (Å²) in [6.45, 7) is 7.00. The average Bonchev–Trinajstić information content (AvgIpc) is 2.65. The maximum Gasteiger partial charge on any atom is 0.337 e. The summed E-state index contributed by atoms with van der Waals surface area (Å²) in [6, 6.07) is 5.79. The van der Waals surface area contributed by atoms with E-state index in [-0.39, 0.29) is 23.2 Å². The van der Waals surface area contributed by atoms with Crippen LogP contribution in [0.5, 0.6) is 0 Å². The number of carbonyl (C=O) groups excluding carboxylic acids is 3. The molecule has 1 aromatic rings. The smallest absolute Gasteiger partial charge is 0.337 e. The first-order valence-electron chi connectivity index (χ1n) is 9.95. The fraction of sp³-hybridized carbons (Fsp3) is 0.435. The van der Waals surface area contributed by atoms with Crippen molar-refractivity contribution in [3.05, 3.63) is 58.2 Å². The molecule has 0 amide bonds. The number of esters is 2. The summed E-state index contributed by atoms with van der Waals surface area (Å²) >= 11 is 0. The molecule has 0 fully saturated rings. The second-order valence-corrected chi connectivity index (χ2v) is 8.04. The van der Waals surface area contributed by atoms with Crippen LogP contribution in [0.4, 0.5) is 4.39 Å². The van der Waals surface area contributed by atoms with Gasteiger partial charge >= 0.3 is 11.9 Å². The van der Waals surface area contributed by atoms with Gasteiger partial charge in [-0.05, 0) is 50.8 Å². The van der Waals surface area contributed by atoms with Crippen molar-refractivity contribution < 1.29 is 28.2 Å². The largest absolute Gasteiger partial charge is 0.468 e. The summed E-state index contributed by atoms with van der Waals surface area (Å²) in [5.41, 5.74) is 2.16. The fourth-order valence-electron chi connectivity index (χ4n) is 4.25. The number of hydrogen-bond acceptors (Lipinski definition) is 6.